The highest BCUT2D eigenvalue weighted by atomic mass is 32.2. The van der Waals surface area contributed by atoms with Crippen molar-refractivity contribution in [1.82, 2.24) is 14.5 Å². The Hall–Kier alpha value is -3.22. The van der Waals surface area contributed by atoms with E-state index in [1.165, 1.54) is 29.2 Å². The number of aliphatic hydroxyl groups is 1. The molecule has 44 heavy (non-hydrogen) atoms. The first-order valence-electron chi connectivity index (χ1n) is 14.0. The molecule has 7 rings (SSSR count). The number of aromatic nitrogens is 2. The maximum absolute atomic E-state index is 15.2. The smallest absolute Gasteiger partial charge is 0.389 e. The minimum atomic E-state index is -4.75. The fraction of sp³-hybridized carbons (Fsp3) is 0.367. The van der Waals surface area contributed by atoms with E-state index in [1.807, 2.05) is 4.90 Å². The molecule has 2 aromatic carbocycles. The van der Waals surface area contributed by atoms with Crippen molar-refractivity contribution in [2.45, 2.75) is 23.8 Å². The van der Waals surface area contributed by atoms with Crippen LogP contribution in [0.1, 0.15) is 11.1 Å². The maximum atomic E-state index is 15.2. The number of hydrogen-bond donors (Lipinski definition) is 2. The second kappa shape index (κ2) is 10.7. The third-order valence-corrected chi connectivity index (χ3v) is 12.7. The van der Waals surface area contributed by atoms with Gasteiger partial charge < -0.3 is 15.7 Å². The van der Waals surface area contributed by atoms with Gasteiger partial charge in [-0.2, -0.15) is 35.2 Å². The predicted molar refractivity (Wildman–Crippen MR) is 171 cm³/mol. The molecule has 0 radical (unpaired) electrons. The summed E-state index contributed by atoms with van der Waals surface area (Å²) in [6.07, 6.45) is -4.16. The summed E-state index contributed by atoms with van der Waals surface area (Å²) in [6, 6.07) is 8.27. The minimum absolute atomic E-state index is 0.0387. The topological polar surface area (TPSA) is 111 Å². The number of nitriles is 1. The van der Waals surface area contributed by atoms with Gasteiger partial charge in [-0.05, 0) is 23.8 Å². The molecule has 3 N–H and O–H groups in total. The van der Waals surface area contributed by atoms with Crippen LogP contribution in [0.5, 0.6) is 0 Å². The Kier molecular flexibility index (Phi) is 7.17. The summed E-state index contributed by atoms with van der Waals surface area (Å²) >= 11 is 4.28. The third-order valence-electron chi connectivity index (χ3n) is 8.66. The van der Waals surface area contributed by atoms with Gasteiger partial charge in [0.25, 0.3) is 0 Å². The standard InChI is InChI=1S/C30H27F3N6O2S3/c1-2-21(40)37-6-8-38(9-7-37)27-17-10-19(30(31,32)33)23(16-4-3-5-20-22(16)18(11-34)26(35)44-20)25-24(17)39(28(41)36-27)12-29(15-43-25)13-42-14-29/h2-5,10,21,40H,1,6-9,12-15,35H2. The number of anilines is 2. The number of nitrogen functional groups attached to an aromatic ring is 1. The van der Waals surface area contributed by atoms with E-state index < -0.39 is 23.7 Å². The lowest BCUT2D eigenvalue weighted by Crippen LogP contribution is -2.50. The summed E-state index contributed by atoms with van der Waals surface area (Å²) in [5, 5.41) is 21.1. The van der Waals surface area contributed by atoms with Crippen molar-refractivity contribution in [2.75, 3.05) is 54.1 Å². The number of nitrogens with zero attached hydrogens (tertiary/aromatic N) is 5. The molecule has 1 unspecified atom stereocenters. The zero-order valence-electron chi connectivity index (χ0n) is 23.4. The van der Waals surface area contributed by atoms with Crippen molar-refractivity contribution >= 4 is 66.7 Å². The first kappa shape index (κ1) is 29.5. The molecular weight excluding hydrogens is 630 g/mol. The molecule has 0 saturated carbocycles. The van der Waals surface area contributed by atoms with Gasteiger partial charge >= 0.3 is 11.9 Å². The highest BCUT2D eigenvalue weighted by Crippen LogP contribution is 2.54. The normalized spacial score (nSPS) is 19.1. The van der Waals surface area contributed by atoms with Gasteiger partial charge in [-0.3, -0.25) is 9.47 Å². The van der Waals surface area contributed by atoms with Crippen LogP contribution in [0.4, 0.5) is 24.0 Å². The molecule has 1 spiro atoms. The van der Waals surface area contributed by atoms with Crippen LogP contribution in [0.15, 0.2) is 46.6 Å². The molecule has 2 fully saturated rings. The molecule has 4 aromatic rings. The van der Waals surface area contributed by atoms with Crippen LogP contribution in [-0.4, -0.2) is 69.2 Å². The quantitative estimate of drug-likeness (QED) is 0.286. The van der Waals surface area contributed by atoms with Crippen molar-refractivity contribution in [2.24, 2.45) is 5.41 Å². The van der Waals surface area contributed by atoms with Gasteiger partial charge in [0, 0.05) is 81.3 Å². The summed E-state index contributed by atoms with van der Waals surface area (Å²) in [4.78, 5) is 22.2. The van der Waals surface area contributed by atoms with Crippen molar-refractivity contribution < 1.29 is 18.3 Å². The van der Waals surface area contributed by atoms with Crippen LogP contribution in [-0.2, 0) is 12.7 Å². The van der Waals surface area contributed by atoms with E-state index in [2.05, 4.69) is 17.6 Å². The number of halogens is 3. The molecule has 0 bridgehead atoms. The van der Waals surface area contributed by atoms with Gasteiger partial charge in [-0.1, -0.05) is 18.7 Å². The Morgan fingerprint density at radius 1 is 1.20 bits per heavy atom. The molecular formula is C30H27F3N6O2S3. The predicted octanol–water partition coefficient (Wildman–Crippen LogP) is 5.22. The Labute approximate surface area is 262 Å². The molecule has 1 atom stereocenters. The molecule has 0 amide bonds. The number of alkyl halides is 3. The Morgan fingerprint density at radius 2 is 1.95 bits per heavy atom. The Bertz CT molecular complexity index is 1940. The number of benzene rings is 2. The lowest BCUT2D eigenvalue weighted by molar-refractivity contribution is -0.137. The lowest BCUT2D eigenvalue weighted by Gasteiger charge is -2.40. The first-order valence-corrected chi connectivity index (χ1v) is 16.9. The summed E-state index contributed by atoms with van der Waals surface area (Å²) in [5.41, 5.74) is 5.40. The minimum Gasteiger partial charge on any atom is -0.389 e. The second-order valence-electron chi connectivity index (χ2n) is 11.4. The van der Waals surface area contributed by atoms with Gasteiger partial charge in [-0.25, -0.2) is 4.79 Å². The van der Waals surface area contributed by atoms with E-state index in [9.17, 15) is 15.2 Å². The lowest BCUT2D eigenvalue weighted by atomic mass is 9.92. The Morgan fingerprint density at radius 3 is 2.59 bits per heavy atom. The van der Waals surface area contributed by atoms with Gasteiger partial charge in [0.05, 0.1) is 16.6 Å². The molecule has 228 valence electrons. The van der Waals surface area contributed by atoms with E-state index in [4.69, 9.17) is 5.73 Å². The van der Waals surface area contributed by atoms with E-state index in [0.29, 0.717) is 59.0 Å². The number of thiophene rings is 1. The third kappa shape index (κ3) is 4.59. The summed E-state index contributed by atoms with van der Waals surface area (Å²) in [7, 11) is 0. The van der Waals surface area contributed by atoms with Gasteiger partial charge in [0.15, 0.2) is 0 Å². The number of aliphatic hydroxyl groups excluding tert-OH is 1. The summed E-state index contributed by atoms with van der Waals surface area (Å²) < 4.78 is 47.8. The fourth-order valence-electron chi connectivity index (χ4n) is 6.42. The number of hydrogen-bond acceptors (Lipinski definition) is 10. The SMILES string of the molecule is C=CC(O)N1CCN(c2nc(=O)n3c4c(c(-c5cccc6sc(N)c(C#N)c56)c(C(F)(F)F)cc24)SCC2(CSC2)C3)CC1. The van der Waals surface area contributed by atoms with Crippen LogP contribution in [0.3, 0.4) is 0 Å². The number of fused-ring (bicyclic) bond motifs is 1. The van der Waals surface area contributed by atoms with Crippen LogP contribution in [0.2, 0.25) is 0 Å². The molecule has 8 nitrogen and oxygen atoms in total. The molecule has 2 aromatic heterocycles. The van der Waals surface area contributed by atoms with Gasteiger partial charge in [0.2, 0.25) is 0 Å². The average Bonchev–Trinajstić information content (AvgIpc) is 3.19. The van der Waals surface area contributed by atoms with E-state index >= 15 is 13.2 Å². The van der Waals surface area contributed by atoms with E-state index in [0.717, 1.165) is 17.6 Å². The fourth-order valence-corrected chi connectivity index (χ4v) is 10.3. The largest absolute Gasteiger partial charge is 0.417 e. The molecule has 3 aliphatic rings. The molecule has 3 aliphatic heterocycles. The van der Waals surface area contributed by atoms with Gasteiger partial charge in [-0.15, -0.1) is 23.1 Å². The highest BCUT2D eigenvalue weighted by molar-refractivity contribution is 8.01. The van der Waals surface area contributed by atoms with Crippen molar-refractivity contribution in [3.8, 4) is 17.2 Å². The van der Waals surface area contributed by atoms with Crippen molar-refractivity contribution in [3.05, 3.63) is 58.5 Å². The first-order chi connectivity index (χ1) is 21.0. The second-order valence-corrected chi connectivity index (χ2v) is 14.5. The summed E-state index contributed by atoms with van der Waals surface area (Å²) in [6.45, 7) is 5.57. The average molecular weight is 657 g/mol. The van der Waals surface area contributed by atoms with Crippen LogP contribution >= 0.6 is 34.9 Å². The van der Waals surface area contributed by atoms with E-state index in [1.54, 1.807) is 39.4 Å². The maximum Gasteiger partial charge on any atom is 0.417 e. The zero-order chi connectivity index (χ0) is 31.0. The number of piperazine rings is 1. The Balaban J connectivity index is 1.54. The molecule has 2 saturated heterocycles. The van der Waals surface area contributed by atoms with Crippen molar-refractivity contribution in [3.63, 3.8) is 0 Å². The van der Waals surface area contributed by atoms with E-state index in [-0.39, 0.29) is 38.3 Å². The monoisotopic (exact) mass is 656 g/mol. The zero-order valence-corrected chi connectivity index (χ0v) is 25.8. The number of nitrogens with two attached hydrogens (primary N) is 1. The molecule has 14 heteroatoms. The molecule has 0 aliphatic carbocycles. The number of rotatable bonds is 4. The van der Waals surface area contributed by atoms with Crippen LogP contribution in [0, 0.1) is 16.7 Å². The van der Waals surface area contributed by atoms with Crippen LogP contribution in [0.25, 0.3) is 32.1 Å². The highest BCUT2D eigenvalue weighted by Gasteiger charge is 2.44. The van der Waals surface area contributed by atoms with Gasteiger partial charge in [0.1, 0.15) is 23.1 Å². The number of thioether (sulfide) groups is 2. The summed E-state index contributed by atoms with van der Waals surface area (Å²) in [5.74, 6) is 2.36. The van der Waals surface area contributed by atoms with Crippen molar-refractivity contribution in [1.29, 1.82) is 5.26 Å². The molecule has 5 heterocycles. The van der Waals surface area contributed by atoms with Crippen LogP contribution < -0.4 is 16.3 Å².